The molecular weight excluding hydrogens is 252 g/mol. The lowest BCUT2D eigenvalue weighted by Gasteiger charge is -2.06. The van der Waals surface area contributed by atoms with Crippen LogP contribution >= 0.6 is 0 Å². The van der Waals surface area contributed by atoms with E-state index in [1.165, 1.54) is 0 Å². The van der Waals surface area contributed by atoms with Crippen LogP contribution in [0.4, 0.5) is 5.82 Å². The molecule has 0 spiro atoms. The zero-order chi connectivity index (χ0) is 14.4. The van der Waals surface area contributed by atoms with E-state index in [9.17, 15) is 4.79 Å². The van der Waals surface area contributed by atoms with Crippen molar-refractivity contribution in [2.24, 2.45) is 0 Å². The maximum Gasteiger partial charge on any atom is 0.256 e. The molecule has 0 aliphatic rings. The van der Waals surface area contributed by atoms with Crippen molar-refractivity contribution in [1.82, 2.24) is 4.98 Å². The first-order valence-electron chi connectivity index (χ1n) is 6.13. The van der Waals surface area contributed by atoms with Crippen molar-refractivity contribution in [3.63, 3.8) is 0 Å². The van der Waals surface area contributed by atoms with Gasteiger partial charge in [-0.3, -0.25) is 4.79 Å². The van der Waals surface area contributed by atoms with Gasteiger partial charge in [0.05, 0.1) is 0 Å². The van der Waals surface area contributed by atoms with Crippen molar-refractivity contribution in [3.8, 4) is 11.8 Å². The summed E-state index contributed by atoms with van der Waals surface area (Å²) in [4.78, 5) is 16.2. The number of pyridine rings is 1. The molecule has 4 heteroatoms. The zero-order valence-corrected chi connectivity index (χ0v) is 11.1. The minimum atomic E-state index is -0.214. The Balaban J connectivity index is 2.12. The Hall–Kier alpha value is -2.64. The Morgan fingerprint density at radius 1 is 1.30 bits per heavy atom. The number of anilines is 1. The van der Waals surface area contributed by atoms with E-state index in [1.54, 1.807) is 30.5 Å². The molecule has 20 heavy (non-hydrogen) atoms. The number of nitrogens with zero attached hydrogens (tertiary/aromatic N) is 1. The molecule has 4 nitrogen and oxygen atoms in total. The quantitative estimate of drug-likeness (QED) is 0.817. The summed E-state index contributed by atoms with van der Waals surface area (Å²) in [6.07, 6.45) is 1.64. The predicted molar refractivity (Wildman–Crippen MR) is 77.3 cm³/mol. The fraction of sp³-hybridized carbons (Fsp3) is 0.125. The third-order valence-electron chi connectivity index (χ3n) is 2.70. The molecule has 1 heterocycles. The van der Waals surface area contributed by atoms with Crippen LogP contribution in [-0.4, -0.2) is 22.6 Å². The maximum atomic E-state index is 12.1. The summed E-state index contributed by atoms with van der Waals surface area (Å²) in [7, 11) is 0. The van der Waals surface area contributed by atoms with E-state index in [1.807, 2.05) is 19.1 Å². The average Bonchev–Trinajstić information content (AvgIpc) is 2.48. The van der Waals surface area contributed by atoms with Crippen LogP contribution in [0.5, 0.6) is 0 Å². The van der Waals surface area contributed by atoms with Gasteiger partial charge in [-0.2, -0.15) is 0 Å². The van der Waals surface area contributed by atoms with Crippen molar-refractivity contribution >= 4 is 11.7 Å². The minimum Gasteiger partial charge on any atom is -0.384 e. The number of carbonyl (C=O) groups is 1. The predicted octanol–water partition coefficient (Wildman–Crippen LogP) is 1.99. The van der Waals surface area contributed by atoms with Gasteiger partial charge in [0.2, 0.25) is 0 Å². The summed E-state index contributed by atoms with van der Waals surface area (Å²) in [6, 6.07) is 10.6. The molecule has 0 aliphatic heterocycles. The van der Waals surface area contributed by atoms with Crippen molar-refractivity contribution in [2.45, 2.75) is 6.92 Å². The largest absolute Gasteiger partial charge is 0.384 e. The lowest BCUT2D eigenvalue weighted by molar-refractivity contribution is 0.102. The number of hydrogen-bond donors (Lipinski definition) is 2. The maximum absolute atomic E-state index is 12.1. The molecule has 2 rings (SSSR count). The second-order valence-corrected chi connectivity index (χ2v) is 4.16. The topological polar surface area (TPSA) is 62.2 Å². The Labute approximate surface area is 117 Å². The van der Waals surface area contributed by atoms with Crippen LogP contribution in [0.1, 0.15) is 21.5 Å². The molecule has 0 radical (unpaired) electrons. The smallest absolute Gasteiger partial charge is 0.256 e. The van der Waals surface area contributed by atoms with Gasteiger partial charge in [0.1, 0.15) is 12.4 Å². The first-order valence-corrected chi connectivity index (χ1v) is 6.13. The molecule has 100 valence electrons. The van der Waals surface area contributed by atoms with Crippen molar-refractivity contribution in [3.05, 3.63) is 59.3 Å². The third-order valence-corrected chi connectivity index (χ3v) is 2.70. The van der Waals surface area contributed by atoms with E-state index in [0.717, 1.165) is 11.1 Å². The van der Waals surface area contributed by atoms with Crippen LogP contribution < -0.4 is 5.32 Å². The molecule has 0 unspecified atom stereocenters. The highest BCUT2D eigenvalue weighted by Gasteiger charge is 2.07. The molecular formula is C16H14N2O2. The van der Waals surface area contributed by atoms with Crippen LogP contribution in [0.3, 0.4) is 0 Å². The molecule has 0 atom stereocenters. The number of benzene rings is 1. The van der Waals surface area contributed by atoms with Crippen LogP contribution in [0.25, 0.3) is 0 Å². The standard InChI is InChI=1S/C16H14N2O2/c1-12-4-2-10-17-15(12)18-16(20)14-8-6-13(7-9-14)5-3-11-19/h2,4,6-10,19H,11H2,1H3,(H,17,18,20). The molecule has 2 N–H and O–H groups in total. The fourth-order valence-corrected chi connectivity index (χ4v) is 1.64. The van der Waals surface area contributed by atoms with Crippen molar-refractivity contribution in [2.75, 3.05) is 11.9 Å². The summed E-state index contributed by atoms with van der Waals surface area (Å²) in [5.74, 6) is 5.67. The Morgan fingerprint density at radius 2 is 2.05 bits per heavy atom. The lowest BCUT2D eigenvalue weighted by Crippen LogP contribution is -2.13. The second kappa shape index (κ2) is 6.50. The van der Waals surface area contributed by atoms with Crippen molar-refractivity contribution in [1.29, 1.82) is 0 Å². The number of nitrogens with one attached hydrogen (secondary N) is 1. The summed E-state index contributed by atoms with van der Waals surface area (Å²) in [5.41, 5.74) is 2.19. The SMILES string of the molecule is Cc1cccnc1NC(=O)c1ccc(C#CCO)cc1. The van der Waals surface area contributed by atoms with E-state index in [4.69, 9.17) is 5.11 Å². The number of carbonyl (C=O) groups excluding carboxylic acids is 1. The number of amides is 1. The van der Waals surface area contributed by atoms with Gasteiger partial charge in [-0.25, -0.2) is 4.98 Å². The van der Waals surface area contributed by atoms with Gasteiger partial charge in [0, 0.05) is 17.3 Å². The summed E-state index contributed by atoms with van der Waals surface area (Å²) in [6.45, 7) is 1.71. The number of aryl methyl sites for hydroxylation is 1. The van der Waals surface area contributed by atoms with Gasteiger partial charge in [-0.15, -0.1) is 0 Å². The molecule has 0 saturated heterocycles. The summed E-state index contributed by atoms with van der Waals surface area (Å²) < 4.78 is 0. The molecule has 0 saturated carbocycles. The lowest BCUT2D eigenvalue weighted by atomic mass is 10.1. The highest BCUT2D eigenvalue weighted by atomic mass is 16.2. The molecule has 0 bridgehead atoms. The third kappa shape index (κ3) is 3.44. The first kappa shape index (κ1) is 13.8. The van der Waals surface area contributed by atoms with Crippen LogP contribution in [0.15, 0.2) is 42.6 Å². The van der Waals surface area contributed by atoms with Crippen LogP contribution in [-0.2, 0) is 0 Å². The van der Waals surface area contributed by atoms with E-state index in [-0.39, 0.29) is 12.5 Å². The van der Waals surface area contributed by atoms with E-state index in [0.29, 0.717) is 11.4 Å². The monoisotopic (exact) mass is 266 g/mol. The molecule has 1 aromatic heterocycles. The normalized spacial score (nSPS) is 9.50. The highest BCUT2D eigenvalue weighted by molar-refractivity contribution is 6.04. The summed E-state index contributed by atoms with van der Waals surface area (Å²) in [5, 5.41) is 11.4. The number of hydrogen-bond acceptors (Lipinski definition) is 3. The van der Waals surface area contributed by atoms with Gasteiger partial charge < -0.3 is 10.4 Å². The molecule has 1 aromatic carbocycles. The molecule has 2 aromatic rings. The molecule has 0 aliphatic carbocycles. The Morgan fingerprint density at radius 3 is 2.70 bits per heavy atom. The molecule has 0 fully saturated rings. The van der Waals surface area contributed by atoms with Crippen LogP contribution in [0.2, 0.25) is 0 Å². The number of aliphatic hydroxyl groups is 1. The average molecular weight is 266 g/mol. The van der Waals surface area contributed by atoms with Gasteiger partial charge in [-0.1, -0.05) is 17.9 Å². The second-order valence-electron chi connectivity index (χ2n) is 4.16. The Kier molecular flexibility index (Phi) is 4.48. The van der Waals surface area contributed by atoms with Gasteiger partial charge in [-0.05, 0) is 42.8 Å². The fourth-order valence-electron chi connectivity index (χ4n) is 1.64. The van der Waals surface area contributed by atoms with Gasteiger partial charge >= 0.3 is 0 Å². The Bertz CT molecular complexity index is 667. The van der Waals surface area contributed by atoms with E-state index < -0.39 is 0 Å². The van der Waals surface area contributed by atoms with Crippen LogP contribution in [0, 0.1) is 18.8 Å². The number of aromatic nitrogens is 1. The number of rotatable bonds is 2. The van der Waals surface area contributed by atoms with Gasteiger partial charge in [0.15, 0.2) is 0 Å². The molecule has 1 amide bonds. The van der Waals surface area contributed by atoms with E-state index in [2.05, 4.69) is 22.1 Å². The zero-order valence-electron chi connectivity index (χ0n) is 11.1. The first-order chi connectivity index (χ1) is 9.70. The highest BCUT2D eigenvalue weighted by Crippen LogP contribution is 2.11. The number of aliphatic hydroxyl groups excluding tert-OH is 1. The van der Waals surface area contributed by atoms with Crippen molar-refractivity contribution < 1.29 is 9.90 Å². The minimum absolute atomic E-state index is 0.179. The summed E-state index contributed by atoms with van der Waals surface area (Å²) >= 11 is 0. The van der Waals surface area contributed by atoms with Gasteiger partial charge in [0.25, 0.3) is 5.91 Å². The van der Waals surface area contributed by atoms with E-state index >= 15 is 0 Å².